The van der Waals surface area contributed by atoms with Gasteiger partial charge in [-0.15, -0.1) is 0 Å². The highest BCUT2D eigenvalue weighted by Crippen LogP contribution is 2.17. The molecule has 16 heavy (non-hydrogen) atoms. The Morgan fingerprint density at radius 2 is 1.94 bits per heavy atom. The molecule has 0 amide bonds. The number of aromatic nitrogens is 2. The highest BCUT2D eigenvalue weighted by molar-refractivity contribution is 5.96. The Kier molecular flexibility index (Phi) is 4.71. The molecule has 3 heteroatoms. The van der Waals surface area contributed by atoms with Crippen molar-refractivity contribution in [2.24, 2.45) is 5.92 Å². The maximum atomic E-state index is 12.3. The highest BCUT2D eigenvalue weighted by atomic mass is 16.1. The SMILES string of the molecule is CCc1cc(C(=O)C(CC)CC)n(CC)n1. The number of hydrogen-bond acceptors (Lipinski definition) is 2. The first kappa shape index (κ1) is 12.9. The average molecular weight is 222 g/mol. The maximum absolute atomic E-state index is 12.3. The largest absolute Gasteiger partial charge is 0.292 e. The number of rotatable bonds is 6. The molecule has 0 saturated heterocycles. The van der Waals surface area contributed by atoms with Crippen molar-refractivity contribution in [3.63, 3.8) is 0 Å². The third-order valence-corrected chi connectivity index (χ3v) is 3.10. The molecule has 3 nitrogen and oxygen atoms in total. The Labute approximate surface area is 97.8 Å². The lowest BCUT2D eigenvalue weighted by molar-refractivity contribution is 0.0902. The topological polar surface area (TPSA) is 34.9 Å². The van der Waals surface area contributed by atoms with Gasteiger partial charge in [-0.25, -0.2) is 0 Å². The van der Waals surface area contributed by atoms with Crippen LogP contribution in [0.25, 0.3) is 0 Å². The maximum Gasteiger partial charge on any atom is 0.183 e. The van der Waals surface area contributed by atoms with Gasteiger partial charge in [0.25, 0.3) is 0 Å². The van der Waals surface area contributed by atoms with Crippen LogP contribution in [0.5, 0.6) is 0 Å². The Bertz CT molecular complexity index is 351. The van der Waals surface area contributed by atoms with Crippen LogP contribution in [0.1, 0.15) is 56.7 Å². The molecule has 1 aromatic rings. The summed E-state index contributed by atoms with van der Waals surface area (Å²) in [4.78, 5) is 12.3. The van der Waals surface area contributed by atoms with Crippen LogP contribution < -0.4 is 0 Å². The molecule has 90 valence electrons. The summed E-state index contributed by atoms with van der Waals surface area (Å²) in [6, 6.07) is 1.95. The van der Waals surface area contributed by atoms with Gasteiger partial charge in [0.05, 0.1) is 5.69 Å². The predicted molar refractivity (Wildman–Crippen MR) is 65.7 cm³/mol. The molecule has 1 rings (SSSR count). The zero-order valence-electron chi connectivity index (χ0n) is 10.8. The van der Waals surface area contributed by atoms with E-state index in [1.165, 1.54) is 0 Å². The van der Waals surface area contributed by atoms with Gasteiger partial charge in [0, 0.05) is 12.5 Å². The molecule has 0 atom stereocenters. The second-order valence-electron chi connectivity index (χ2n) is 4.07. The van der Waals surface area contributed by atoms with Crippen molar-refractivity contribution in [2.75, 3.05) is 0 Å². The number of nitrogens with zero attached hydrogens (tertiary/aromatic N) is 2. The molecule has 0 aliphatic heterocycles. The molecule has 0 aliphatic rings. The van der Waals surface area contributed by atoms with Gasteiger partial charge in [0.15, 0.2) is 5.78 Å². The van der Waals surface area contributed by atoms with Crippen molar-refractivity contribution < 1.29 is 4.79 Å². The zero-order chi connectivity index (χ0) is 12.1. The molecule has 0 bridgehead atoms. The number of ketones is 1. The average Bonchev–Trinajstić information content (AvgIpc) is 2.73. The fourth-order valence-electron chi connectivity index (χ4n) is 1.95. The van der Waals surface area contributed by atoms with Crippen LogP contribution in [0.3, 0.4) is 0 Å². The molecule has 0 aliphatic carbocycles. The number of hydrogen-bond donors (Lipinski definition) is 0. The van der Waals surface area contributed by atoms with Crippen molar-refractivity contribution in [3.8, 4) is 0 Å². The van der Waals surface area contributed by atoms with E-state index in [0.29, 0.717) is 0 Å². The summed E-state index contributed by atoms with van der Waals surface area (Å²) < 4.78 is 1.83. The summed E-state index contributed by atoms with van der Waals surface area (Å²) in [5.41, 5.74) is 1.80. The minimum Gasteiger partial charge on any atom is -0.292 e. The molecule has 1 aromatic heterocycles. The molecule has 1 heterocycles. The fourth-order valence-corrected chi connectivity index (χ4v) is 1.95. The van der Waals surface area contributed by atoms with E-state index in [-0.39, 0.29) is 11.7 Å². The Hall–Kier alpha value is -1.12. The molecule has 0 aromatic carbocycles. The van der Waals surface area contributed by atoms with Crippen LogP contribution in [-0.2, 0) is 13.0 Å². The molecule has 0 fully saturated rings. The van der Waals surface area contributed by atoms with Gasteiger partial charge in [0.1, 0.15) is 5.69 Å². The van der Waals surface area contributed by atoms with Crippen LogP contribution in [0.2, 0.25) is 0 Å². The van der Waals surface area contributed by atoms with Gasteiger partial charge < -0.3 is 0 Å². The monoisotopic (exact) mass is 222 g/mol. The van der Waals surface area contributed by atoms with Crippen molar-refractivity contribution in [3.05, 3.63) is 17.5 Å². The number of carbonyl (C=O) groups is 1. The Morgan fingerprint density at radius 3 is 2.38 bits per heavy atom. The quantitative estimate of drug-likeness (QED) is 0.693. The predicted octanol–water partition coefficient (Wildman–Crippen LogP) is 3.08. The summed E-state index contributed by atoms with van der Waals surface area (Å²) in [6.07, 6.45) is 2.70. The molecular weight excluding hydrogens is 200 g/mol. The highest BCUT2D eigenvalue weighted by Gasteiger charge is 2.20. The lowest BCUT2D eigenvalue weighted by atomic mass is 9.96. The number of carbonyl (C=O) groups excluding carboxylic acids is 1. The second-order valence-corrected chi connectivity index (χ2v) is 4.07. The third-order valence-electron chi connectivity index (χ3n) is 3.10. The minimum atomic E-state index is 0.145. The Balaban J connectivity index is 3.01. The Morgan fingerprint density at radius 1 is 1.31 bits per heavy atom. The van der Waals surface area contributed by atoms with E-state index >= 15 is 0 Å². The molecule has 0 unspecified atom stereocenters. The van der Waals surface area contributed by atoms with Gasteiger partial charge in [0.2, 0.25) is 0 Å². The van der Waals surface area contributed by atoms with Gasteiger partial charge in [-0.05, 0) is 32.3 Å². The van der Waals surface area contributed by atoms with E-state index in [1.807, 2.05) is 17.7 Å². The van der Waals surface area contributed by atoms with Crippen LogP contribution in [-0.4, -0.2) is 15.6 Å². The summed E-state index contributed by atoms with van der Waals surface area (Å²) in [7, 11) is 0. The van der Waals surface area contributed by atoms with Crippen molar-refractivity contribution in [2.45, 2.75) is 53.5 Å². The normalized spacial score (nSPS) is 11.1. The van der Waals surface area contributed by atoms with Crippen molar-refractivity contribution in [1.29, 1.82) is 0 Å². The zero-order valence-corrected chi connectivity index (χ0v) is 10.8. The summed E-state index contributed by atoms with van der Waals surface area (Å²) in [6.45, 7) is 8.99. The summed E-state index contributed by atoms with van der Waals surface area (Å²) >= 11 is 0. The summed E-state index contributed by atoms with van der Waals surface area (Å²) in [5.74, 6) is 0.394. The van der Waals surface area contributed by atoms with Crippen LogP contribution in [0.15, 0.2) is 6.07 Å². The molecular formula is C13H22N2O. The summed E-state index contributed by atoms with van der Waals surface area (Å²) in [5, 5.41) is 4.42. The van der Waals surface area contributed by atoms with E-state index in [0.717, 1.165) is 37.2 Å². The molecule has 0 saturated carbocycles. The van der Waals surface area contributed by atoms with Crippen molar-refractivity contribution in [1.82, 2.24) is 9.78 Å². The van der Waals surface area contributed by atoms with Crippen LogP contribution >= 0.6 is 0 Å². The van der Waals surface area contributed by atoms with E-state index in [4.69, 9.17) is 0 Å². The van der Waals surface area contributed by atoms with Crippen LogP contribution in [0, 0.1) is 5.92 Å². The lowest BCUT2D eigenvalue weighted by Crippen LogP contribution is -2.17. The third kappa shape index (κ3) is 2.52. The van der Waals surface area contributed by atoms with Gasteiger partial charge >= 0.3 is 0 Å². The molecule has 0 spiro atoms. The van der Waals surface area contributed by atoms with E-state index in [1.54, 1.807) is 0 Å². The number of aryl methyl sites for hydroxylation is 2. The number of Topliss-reactive ketones (excluding diaryl/α,β-unsaturated/α-hetero) is 1. The van der Waals surface area contributed by atoms with Crippen molar-refractivity contribution >= 4 is 5.78 Å². The molecule has 0 radical (unpaired) electrons. The van der Waals surface area contributed by atoms with Gasteiger partial charge in [-0.2, -0.15) is 5.10 Å². The van der Waals surface area contributed by atoms with Gasteiger partial charge in [-0.3, -0.25) is 9.48 Å². The van der Waals surface area contributed by atoms with E-state index < -0.39 is 0 Å². The van der Waals surface area contributed by atoms with Crippen LogP contribution in [0.4, 0.5) is 0 Å². The fraction of sp³-hybridized carbons (Fsp3) is 0.692. The first-order valence-corrected chi connectivity index (χ1v) is 6.28. The lowest BCUT2D eigenvalue weighted by Gasteiger charge is -2.11. The smallest absolute Gasteiger partial charge is 0.183 e. The minimum absolute atomic E-state index is 0.145. The standard InChI is InChI=1S/C13H22N2O/c1-5-10(6-2)13(16)12-9-11(7-3)14-15(12)8-4/h9-10H,5-8H2,1-4H3. The van der Waals surface area contributed by atoms with Gasteiger partial charge in [-0.1, -0.05) is 20.8 Å². The van der Waals surface area contributed by atoms with E-state index in [2.05, 4.69) is 25.9 Å². The first-order valence-electron chi connectivity index (χ1n) is 6.28. The second kappa shape index (κ2) is 5.83. The first-order chi connectivity index (χ1) is 7.67. The molecule has 0 N–H and O–H groups in total. The van der Waals surface area contributed by atoms with E-state index in [9.17, 15) is 4.79 Å².